The van der Waals surface area contributed by atoms with Crippen molar-refractivity contribution >= 4 is 21.2 Å². The predicted molar refractivity (Wildman–Crippen MR) is 78.8 cm³/mol. The summed E-state index contributed by atoms with van der Waals surface area (Å²) in [5, 5.41) is 0. The Morgan fingerprint density at radius 3 is 2.55 bits per heavy atom. The van der Waals surface area contributed by atoms with Crippen LogP contribution in [0.15, 0.2) is 24.3 Å². The van der Waals surface area contributed by atoms with E-state index in [-0.39, 0.29) is 0 Å². The fourth-order valence-corrected chi connectivity index (χ4v) is 4.43. The van der Waals surface area contributed by atoms with E-state index in [9.17, 15) is 8.42 Å². The van der Waals surface area contributed by atoms with Gasteiger partial charge in [0.25, 0.3) is 0 Å². The van der Waals surface area contributed by atoms with Gasteiger partial charge in [-0.1, -0.05) is 19.1 Å². The zero-order valence-corrected chi connectivity index (χ0v) is 12.6. The van der Waals surface area contributed by atoms with Gasteiger partial charge in [0.15, 0.2) is 0 Å². The first-order valence-electron chi connectivity index (χ1n) is 6.95. The Kier molecular flexibility index (Phi) is 3.30. The molecule has 0 unspecified atom stereocenters. The van der Waals surface area contributed by atoms with Gasteiger partial charge in [-0.2, -0.15) is 12.7 Å². The molecule has 1 aromatic carbocycles. The number of hydrogen-bond acceptors (Lipinski definition) is 3. The summed E-state index contributed by atoms with van der Waals surface area (Å²) < 4.78 is 28.6. The van der Waals surface area contributed by atoms with E-state index in [0.29, 0.717) is 30.3 Å². The third-order valence-electron chi connectivity index (χ3n) is 3.98. The number of para-hydroxylation sites is 2. The first-order chi connectivity index (χ1) is 9.50. The quantitative estimate of drug-likeness (QED) is 0.852. The lowest BCUT2D eigenvalue weighted by atomic mass is 10.0. The van der Waals surface area contributed by atoms with Gasteiger partial charge in [0, 0.05) is 13.1 Å². The summed E-state index contributed by atoms with van der Waals surface area (Å²) in [5.41, 5.74) is 1.38. The van der Waals surface area contributed by atoms with E-state index >= 15 is 0 Å². The highest BCUT2D eigenvalue weighted by atomic mass is 32.2. The highest BCUT2D eigenvalue weighted by Crippen LogP contribution is 2.24. The Morgan fingerprint density at radius 2 is 1.85 bits per heavy atom. The van der Waals surface area contributed by atoms with Crippen molar-refractivity contribution in [3.63, 3.8) is 0 Å². The lowest BCUT2D eigenvalue weighted by Gasteiger charge is -2.29. The molecule has 1 aromatic heterocycles. The molecule has 1 aliphatic heterocycles. The fourth-order valence-electron chi connectivity index (χ4n) is 2.75. The Balaban J connectivity index is 2.07. The maximum absolute atomic E-state index is 12.8. The molecular weight excluding hydrogens is 274 g/mol. The van der Waals surface area contributed by atoms with Crippen molar-refractivity contribution in [2.45, 2.75) is 26.7 Å². The lowest BCUT2D eigenvalue weighted by molar-refractivity contribution is 0.286. The minimum Gasteiger partial charge on any atom is -0.232 e. The predicted octanol–water partition coefficient (Wildman–Crippen LogP) is 2.17. The molecule has 0 saturated carbocycles. The van der Waals surface area contributed by atoms with E-state index in [4.69, 9.17) is 0 Å². The molecule has 20 heavy (non-hydrogen) atoms. The van der Waals surface area contributed by atoms with Crippen molar-refractivity contribution in [1.29, 1.82) is 0 Å². The summed E-state index contributed by atoms with van der Waals surface area (Å²) in [4.78, 5) is 4.35. The van der Waals surface area contributed by atoms with Gasteiger partial charge in [-0.3, -0.25) is 0 Å². The summed E-state index contributed by atoms with van der Waals surface area (Å²) in [6.45, 7) is 5.09. The number of benzene rings is 1. The van der Waals surface area contributed by atoms with Crippen molar-refractivity contribution in [2.75, 3.05) is 13.1 Å². The van der Waals surface area contributed by atoms with Gasteiger partial charge < -0.3 is 0 Å². The number of aryl methyl sites for hydroxylation is 1. The molecule has 0 atom stereocenters. The molecule has 3 rings (SSSR count). The second-order valence-electron chi connectivity index (χ2n) is 5.50. The Morgan fingerprint density at radius 1 is 1.20 bits per heavy atom. The molecule has 0 spiro atoms. The van der Waals surface area contributed by atoms with Crippen LogP contribution < -0.4 is 0 Å². The Bertz CT molecular complexity index is 728. The number of nitrogens with zero attached hydrogens (tertiary/aromatic N) is 3. The number of piperidine rings is 1. The molecule has 0 bridgehead atoms. The number of aromatic nitrogens is 2. The first kappa shape index (κ1) is 13.6. The molecule has 108 valence electrons. The van der Waals surface area contributed by atoms with Crippen LogP contribution in [0.25, 0.3) is 11.0 Å². The van der Waals surface area contributed by atoms with Crippen LogP contribution >= 0.6 is 0 Å². The summed E-state index contributed by atoms with van der Waals surface area (Å²) in [6, 6.07) is 7.36. The molecule has 1 aliphatic rings. The molecule has 1 saturated heterocycles. The lowest BCUT2D eigenvalue weighted by Crippen LogP contribution is -2.41. The fraction of sp³-hybridized carbons (Fsp3) is 0.500. The van der Waals surface area contributed by atoms with Gasteiger partial charge in [-0.25, -0.2) is 8.96 Å². The van der Waals surface area contributed by atoms with E-state index in [2.05, 4.69) is 11.9 Å². The average Bonchev–Trinajstić information content (AvgIpc) is 2.75. The van der Waals surface area contributed by atoms with E-state index in [1.54, 1.807) is 17.3 Å². The van der Waals surface area contributed by atoms with E-state index in [1.165, 1.54) is 3.97 Å². The van der Waals surface area contributed by atoms with Gasteiger partial charge in [-0.15, -0.1) is 0 Å². The van der Waals surface area contributed by atoms with Crippen LogP contribution in [0, 0.1) is 12.8 Å². The third kappa shape index (κ3) is 2.13. The second-order valence-corrected chi connectivity index (χ2v) is 7.28. The minimum atomic E-state index is -3.51. The maximum atomic E-state index is 12.8. The molecule has 0 radical (unpaired) electrons. The first-order valence-corrected chi connectivity index (χ1v) is 8.34. The van der Waals surface area contributed by atoms with Crippen LogP contribution in [-0.4, -0.2) is 34.8 Å². The molecular formula is C14H19N3O2S. The molecule has 2 aromatic rings. The number of fused-ring (bicyclic) bond motifs is 1. The van der Waals surface area contributed by atoms with E-state index in [0.717, 1.165) is 18.4 Å². The molecule has 0 amide bonds. The molecule has 2 heterocycles. The summed E-state index contributed by atoms with van der Waals surface area (Å²) >= 11 is 0. The molecule has 1 fully saturated rings. The number of hydrogen-bond donors (Lipinski definition) is 0. The van der Waals surface area contributed by atoms with Gasteiger partial charge in [0.05, 0.1) is 11.0 Å². The topological polar surface area (TPSA) is 55.2 Å². The Hall–Kier alpha value is -1.40. The normalized spacial score (nSPS) is 18.7. The standard InChI is InChI=1S/C14H19N3O2S/c1-11-7-9-16(10-8-11)20(18,19)17-12(2)15-13-5-3-4-6-14(13)17/h3-6,11H,7-10H2,1-2H3. The van der Waals surface area contributed by atoms with Crippen LogP contribution in [0.5, 0.6) is 0 Å². The van der Waals surface area contributed by atoms with Crippen LogP contribution in [0.4, 0.5) is 0 Å². The molecule has 6 heteroatoms. The van der Waals surface area contributed by atoms with Crippen molar-refractivity contribution in [2.24, 2.45) is 5.92 Å². The number of rotatable bonds is 2. The van der Waals surface area contributed by atoms with E-state index < -0.39 is 10.2 Å². The Labute approximate surface area is 119 Å². The zero-order chi connectivity index (χ0) is 14.3. The molecule has 5 nitrogen and oxygen atoms in total. The minimum absolute atomic E-state index is 0.518. The van der Waals surface area contributed by atoms with Crippen molar-refractivity contribution in [3.8, 4) is 0 Å². The monoisotopic (exact) mass is 293 g/mol. The van der Waals surface area contributed by atoms with Gasteiger partial charge in [-0.05, 0) is 37.8 Å². The van der Waals surface area contributed by atoms with Crippen molar-refractivity contribution in [1.82, 2.24) is 13.3 Å². The van der Waals surface area contributed by atoms with E-state index in [1.807, 2.05) is 18.2 Å². The van der Waals surface area contributed by atoms with Crippen LogP contribution in [0.2, 0.25) is 0 Å². The second kappa shape index (κ2) is 4.86. The molecule has 0 aliphatic carbocycles. The van der Waals surface area contributed by atoms with Crippen LogP contribution in [-0.2, 0) is 10.2 Å². The maximum Gasteiger partial charge on any atom is 0.309 e. The average molecular weight is 293 g/mol. The largest absolute Gasteiger partial charge is 0.309 e. The smallest absolute Gasteiger partial charge is 0.232 e. The summed E-state index contributed by atoms with van der Waals surface area (Å²) in [7, 11) is -3.51. The zero-order valence-electron chi connectivity index (χ0n) is 11.8. The summed E-state index contributed by atoms with van der Waals surface area (Å²) in [6.07, 6.45) is 1.84. The molecule has 0 N–H and O–H groups in total. The van der Waals surface area contributed by atoms with Gasteiger partial charge >= 0.3 is 10.2 Å². The highest BCUT2D eigenvalue weighted by Gasteiger charge is 2.30. The number of imidazole rings is 1. The highest BCUT2D eigenvalue weighted by molar-refractivity contribution is 7.87. The summed E-state index contributed by atoms with van der Waals surface area (Å²) in [5.74, 6) is 1.12. The van der Waals surface area contributed by atoms with Crippen molar-refractivity contribution in [3.05, 3.63) is 30.1 Å². The van der Waals surface area contributed by atoms with Gasteiger partial charge in [0.1, 0.15) is 5.82 Å². The van der Waals surface area contributed by atoms with Crippen LogP contribution in [0.1, 0.15) is 25.6 Å². The third-order valence-corrected chi connectivity index (χ3v) is 5.92. The van der Waals surface area contributed by atoms with Crippen molar-refractivity contribution < 1.29 is 8.42 Å². The van der Waals surface area contributed by atoms with Gasteiger partial charge in [0.2, 0.25) is 0 Å². The SMILES string of the molecule is Cc1nc2ccccc2n1S(=O)(=O)N1CCC(C)CC1. The van der Waals surface area contributed by atoms with Crippen LogP contribution in [0.3, 0.4) is 0 Å².